The van der Waals surface area contributed by atoms with E-state index in [0.29, 0.717) is 24.0 Å². The molecule has 110 valence electrons. The first-order valence-electron chi connectivity index (χ1n) is 6.93. The topological polar surface area (TPSA) is 18.5 Å². The van der Waals surface area contributed by atoms with Crippen LogP contribution in [0.4, 0.5) is 4.39 Å². The van der Waals surface area contributed by atoms with Gasteiger partial charge in [0.2, 0.25) is 0 Å². The molecule has 1 aliphatic rings. The highest BCUT2D eigenvalue weighted by molar-refractivity contribution is 6.32. The molecule has 0 atom stereocenters. The van der Waals surface area contributed by atoms with E-state index in [9.17, 15) is 4.39 Å². The molecule has 4 heteroatoms. The molecule has 2 nitrogen and oxygen atoms in total. The monoisotopic (exact) mass is 306 g/mol. The Kier molecular flexibility index (Phi) is 4.02. The summed E-state index contributed by atoms with van der Waals surface area (Å²) in [6.07, 6.45) is 2.14. The van der Waals surface area contributed by atoms with Crippen LogP contribution in [0.1, 0.15) is 12.8 Å². The predicted octanol–water partition coefficient (Wildman–Crippen LogP) is 4.72. The Hall–Kier alpha value is -1.74. The number of benzene rings is 2. The fraction of sp³-hybridized carbons (Fsp3) is 0.294. The summed E-state index contributed by atoms with van der Waals surface area (Å²) in [5.74, 6) is 1.02. The van der Waals surface area contributed by atoms with E-state index in [4.69, 9.17) is 21.1 Å². The number of ether oxygens (including phenoxy) is 2. The molecule has 3 rings (SSSR count). The molecule has 0 saturated heterocycles. The van der Waals surface area contributed by atoms with Gasteiger partial charge in [0.15, 0.2) is 0 Å². The molecule has 0 heterocycles. The van der Waals surface area contributed by atoms with Gasteiger partial charge in [-0.25, -0.2) is 4.39 Å². The maximum absolute atomic E-state index is 13.0. The van der Waals surface area contributed by atoms with Crippen molar-refractivity contribution in [2.45, 2.75) is 12.8 Å². The third-order valence-electron chi connectivity index (χ3n) is 3.67. The molecular weight excluding hydrogens is 291 g/mol. The molecule has 2 aromatic carbocycles. The van der Waals surface area contributed by atoms with E-state index >= 15 is 0 Å². The van der Waals surface area contributed by atoms with Crippen molar-refractivity contribution in [2.75, 3.05) is 13.2 Å². The standard InChI is InChI=1S/C17H16ClFO2/c18-15-10-13(19)6-7-16(15)21-12-17(8-9-17)11-20-14-4-2-1-3-5-14/h1-7,10H,8-9,11-12H2. The molecule has 2 aromatic rings. The Balaban J connectivity index is 1.55. The molecule has 1 saturated carbocycles. The van der Waals surface area contributed by atoms with Gasteiger partial charge >= 0.3 is 0 Å². The minimum atomic E-state index is -0.360. The first-order valence-corrected chi connectivity index (χ1v) is 7.30. The molecule has 0 spiro atoms. The SMILES string of the molecule is Fc1ccc(OCC2(COc3ccccc3)CC2)c(Cl)c1. The van der Waals surface area contributed by atoms with E-state index in [-0.39, 0.29) is 11.2 Å². The summed E-state index contributed by atoms with van der Waals surface area (Å²) in [6.45, 7) is 1.15. The van der Waals surface area contributed by atoms with Crippen LogP contribution < -0.4 is 9.47 Å². The van der Waals surface area contributed by atoms with Crippen LogP contribution in [-0.2, 0) is 0 Å². The van der Waals surface area contributed by atoms with Crippen molar-refractivity contribution in [3.63, 3.8) is 0 Å². The van der Waals surface area contributed by atoms with Crippen LogP contribution in [0.25, 0.3) is 0 Å². The van der Waals surface area contributed by atoms with Crippen molar-refractivity contribution in [1.82, 2.24) is 0 Å². The van der Waals surface area contributed by atoms with E-state index in [1.54, 1.807) is 6.07 Å². The third-order valence-corrected chi connectivity index (χ3v) is 3.97. The number of rotatable bonds is 6. The molecule has 1 aliphatic carbocycles. The smallest absolute Gasteiger partial charge is 0.138 e. The van der Waals surface area contributed by atoms with Crippen molar-refractivity contribution in [3.05, 3.63) is 59.4 Å². The average molecular weight is 307 g/mol. The van der Waals surface area contributed by atoms with Gasteiger partial charge in [-0.05, 0) is 43.2 Å². The summed E-state index contributed by atoms with van der Waals surface area (Å²) in [6, 6.07) is 13.9. The zero-order valence-corrected chi connectivity index (χ0v) is 12.3. The van der Waals surface area contributed by atoms with Gasteiger partial charge < -0.3 is 9.47 Å². The Morgan fingerprint density at radius 1 is 1.00 bits per heavy atom. The second-order valence-electron chi connectivity index (χ2n) is 5.47. The Morgan fingerprint density at radius 3 is 2.38 bits per heavy atom. The van der Waals surface area contributed by atoms with Crippen molar-refractivity contribution in [1.29, 1.82) is 0 Å². The molecule has 0 radical (unpaired) electrons. The van der Waals surface area contributed by atoms with Crippen LogP contribution in [0.15, 0.2) is 48.5 Å². The molecule has 0 N–H and O–H groups in total. The van der Waals surface area contributed by atoms with Gasteiger partial charge in [0.25, 0.3) is 0 Å². The Labute approximate surface area is 128 Å². The molecule has 0 aliphatic heterocycles. The average Bonchev–Trinajstić information content (AvgIpc) is 3.26. The van der Waals surface area contributed by atoms with Gasteiger partial charge in [-0.15, -0.1) is 0 Å². The summed E-state index contributed by atoms with van der Waals surface area (Å²) in [4.78, 5) is 0. The highest BCUT2D eigenvalue weighted by atomic mass is 35.5. The van der Waals surface area contributed by atoms with Gasteiger partial charge in [0.1, 0.15) is 17.3 Å². The quantitative estimate of drug-likeness (QED) is 0.769. The fourth-order valence-corrected chi connectivity index (χ4v) is 2.31. The lowest BCUT2D eigenvalue weighted by molar-refractivity contribution is 0.160. The minimum absolute atomic E-state index is 0.0492. The number of halogens is 2. The fourth-order valence-electron chi connectivity index (χ4n) is 2.08. The maximum Gasteiger partial charge on any atom is 0.138 e. The lowest BCUT2D eigenvalue weighted by Crippen LogP contribution is -2.21. The number of hydrogen-bond acceptors (Lipinski definition) is 2. The largest absolute Gasteiger partial charge is 0.493 e. The maximum atomic E-state index is 13.0. The highest BCUT2D eigenvalue weighted by Gasteiger charge is 2.44. The molecule has 21 heavy (non-hydrogen) atoms. The molecule has 0 amide bonds. The predicted molar refractivity (Wildman–Crippen MR) is 80.5 cm³/mol. The zero-order valence-electron chi connectivity index (χ0n) is 11.5. The number of hydrogen-bond donors (Lipinski definition) is 0. The first-order chi connectivity index (χ1) is 10.2. The van der Waals surface area contributed by atoms with Gasteiger partial charge in [-0.2, -0.15) is 0 Å². The first kappa shape index (κ1) is 14.2. The normalized spacial score (nSPS) is 15.5. The van der Waals surface area contributed by atoms with Crippen molar-refractivity contribution >= 4 is 11.6 Å². The van der Waals surface area contributed by atoms with E-state index in [1.165, 1.54) is 12.1 Å². The summed E-state index contributed by atoms with van der Waals surface area (Å²) >= 11 is 5.96. The van der Waals surface area contributed by atoms with Gasteiger partial charge in [-0.1, -0.05) is 29.8 Å². The molecule has 0 bridgehead atoms. The second-order valence-corrected chi connectivity index (χ2v) is 5.87. The lowest BCUT2D eigenvalue weighted by atomic mass is 10.1. The summed E-state index contributed by atoms with van der Waals surface area (Å²) in [5.41, 5.74) is 0.0492. The zero-order chi connectivity index (χ0) is 14.7. The van der Waals surface area contributed by atoms with Gasteiger partial charge in [0.05, 0.1) is 18.2 Å². The molecule has 0 aromatic heterocycles. The van der Waals surface area contributed by atoms with Crippen LogP contribution in [0, 0.1) is 11.2 Å². The van der Waals surface area contributed by atoms with Crippen LogP contribution in [0.2, 0.25) is 5.02 Å². The summed E-state index contributed by atoms with van der Waals surface area (Å²) < 4.78 is 24.5. The molecular formula is C17H16ClFO2. The minimum Gasteiger partial charge on any atom is -0.493 e. The lowest BCUT2D eigenvalue weighted by Gasteiger charge is -2.17. The Bertz CT molecular complexity index is 611. The van der Waals surface area contributed by atoms with Crippen LogP contribution in [-0.4, -0.2) is 13.2 Å². The van der Waals surface area contributed by atoms with E-state index in [1.807, 2.05) is 30.3 Å². The third kappa shape index (κ3) is 3.67. The van der Waals surface area contributed by atoms with Crippen molar-refractivity contribution in [3.8, 4) is 11.5 Å². The van der Waals surface area contributed by atoms with E-state index in [0.717, 1.165) is 18.6 Å². The second kappa shape index (κ2) is 5.94. The van der Waals surface area contributed by atoms with Crippen LogP contribution in [0.3, 0.4) is 0 Å². The Morgan fingerprint density at radius 2 is 1.71 bits per heavy atom. The molecule has 0 unspecified atom stereocenters. The van der Waals surface area contributed by atoms with E-state index < -0.39 is 0 Å². The van der Waals surface area contributed by atoms with Crippen LogP contribution in [0.5, 0.6) is 11.5 Å². The summed E-state index contributed by atoms with van der Waals surface area (Å²) in [5, 5.41) is 0.301. The van der Waals surface area contributed by atoms with Crippen LogP contribution >= 0.6 is 11.6 Å². The van der Waals surface area contributed by atoms with Crippen molar-refractivity contribution < 1.29 is 13.9 Å². The summed E-state index contributed by atoms with van der Waals surface area (Å²) in [7, 11) is 0. The van der Waals surface area contributed by atoms with E-state index in [2.05, 4.69) is 0 Å². The number of para-hydroxylation sites is 1. The van der Waals surface area contributed by atoms with Gasteiger partial charge in [0, 0.05) is 5.41 Å². The highest BCUT2D eigenvalue weighted by Crippen LogP contribution is 2.46. The van der Waals surface area contributed by atoms with Crippen molar-refractivity contribution in [2.24, 2.45) is 5.41 Å². The molecule has 1 fully saturated rings. The van der Waals surface area contributed by atoms with Gasteiger partial charge in [-0.3, -0.25) is 0 Å².